The fourth-order valence-electron chi connectivity index (χ4n) is 4.31. The molecule has 1 aliphatic heterocycles. The first kappa shape index (κ1) is 23.9. The van der Waals surface area contributed by atoms with E-state index in [9.17, 15) is 4.79 Å². The third-order valence-corrected chi connectivity index (χ3v) is 7.05. The second-order valence-corrected chi connectivity index (χ2v) is 9.73. The quantitative estimate of drug-likeness (QED) is 0.296. The van der Waals surface area contributed by atoms with Crippen molar-refractivity contribution in [3.8, 4) is 26.8 Å². The van der Waals surface area contributed by atoms with E-state index in [2.05, 4.69) is 39.9 Å². The molecule has 0 atom stereocenters. The van der Waals surface area contributed by atoms with Crippen molar-refractivity contribution in [1.82, 2.24) is 9.88 Å². The summed E-state index contributed by atoms with van der Waals surface area (Å²) < 4.78 is 10.6. The second kappa shape index (κ2) is 10.4. The van der Waals surface area contributed by atoms with Gasteiger partial charge in [-0.05, 0) is 49.1 Å². The number of ether oxygens (including phenoxy) is 2. The van der Waals surface area contributed by atoms with Gasteiger partial charge in [0.2, 0.25) is 5.69 Å². The molecule has 1 aromatic heterocycles. The molecular weight excluding hydrogens is 446 g/mol. The summed E-state index contributed by atoms with van der Waals surface area (Å²) in [5, 5.41) is 0.882. The van der Waals surface area contributed by atoms with Crippen LogP contribution in [-0.2, 0) is 22.5 Å². The highest BCUT2D eigenvalue weighted by Crippen LogP contribution is 2.39. The smallest absolute Gasteiger partial charge is 0.311 e. The SMILES string of the molecule is [C-]#[N+]c1cc(-c2ncc(-c3cccc(CN4CC(C(=O)OC)C4)c3CC)s2)ccc1OC(C)C. The van der Waals surface area contributed by atoms with E-state index in [1.54, 1.807) is 11.3 Å². The molecule has 1 fully saturated rings. The van der Waals surface area contributed by atoms with E-state index >= 15 is 0 Å². The number of hydrogen-bond donors (Lipinski definition) is 0. The van der Waals surface area contributed by atoms with Crippen LogP contribution in [0, 0.1) is 12.5 Å². The minimum absolute atomic E-state index is 0.0139. The maximum atomic E-state index is 11.7. The molecule has 176 valence electrons. The van der Waals surface area contributed by atoms with Crippen molar-refractivity contribution in [2.24, 2.45) is 5.92 Å². The zero-order chi connectivity index (χ0) is 24.2. The summed E-state index contributed by atoms with van der Waals surface area (Å²) in [5.41, 5.74) is 5.20. The fourth-order valence-corrected chi connectivity index (χ4v) is 5.28. The number of aromatic nitrogens is 1. The molecular formula is C27H29N3O3S. The summed E-state index contributed by atoms with van der Waals surface area (Å²) in [6, 6.07) is 12.1. The van der Waals surface area contributed by atoms with Gasteiger partial charge < -0.3 is 9.47 Å². The normalized spacial score (nSPS) is 14.0. The van der Waals surface area contributed by atoms with Gasteiger partial charge in [0.25, 0.3) is 0 Å². The minimum atomic E-state index is -0.122. The highest BCUT2D eigenvalue weighted by Gasteiger charge is 2.33. The highest BCUT2D eigenvalue weighted by molar-refractivity contribution is 7.18. The lowest BCUT2D eigenvalue weighted by molar-refractivity contribution is -0.151. The van der Waals surface area contributed by atoms with E-state index in [1.165, 1.54) is 23.8 Å². The van der Waals surface area contributed by atoms with Crippen molar-refractivity contribution in [2.75, 3.05) is 20.2 Å². The lowest BCUT2D eigenvalue weighted by Crippen LogP contribution is -2.50. The van der Waals surface area contributed by atoms with Crippen LogP contribution in [0.1, 0.15) is 31.9 Å². The number of carbonyl (C=O) groups is 1. The van der Waals surface area contributed by atoms with Gasteiger partial charge in [0.05, 0.1) is 30.6 Å². The van der Waals surface area contributed by atoms with Crippen LogP contribution in [0.15, 0.2) is 42.6 Å². The van der Waals surface area contributed by atoms with Crippen molar-refractivity contribution in [2.45, 2.75) is 39.8 Å². The first-order chi connectivity index (χ1) is 16.4. The average molecular weight is 476 g/mol. The number of esters is 1. The van der Waals surface area contributed by atoms with E-state index < -0.39 is 0 Å². The summed E-state index contributed by atoms with van der Waals surface area (Å²) in [7, 11) is 1.45. The zero-order valence-corrected chi connectivity index (χ0v) is 20.8. The third-order valence-electron chi connectivity index (χ3n) is 5.97. The van der Waals surface area contributed by atoms with Crippen molar-refractivity contribution in [3.05, 3.63) is 65.1 Å². The van der Waals surface area contributed by atoms with E-state index in [4.69, 9.17) is 16.0 Å². The Morgan fingerprint density at radius 2 is 2.09 bits per heavy atom. The van der Waals surface area contributed by atoms with Gasteiger partial charge in [0.1, 0.15) is 10.8 Å². The van der Waals surface area contributed by atoms with E-state index in [1.807, 2.05) is 38.2 Å². The summed E-state index contributed by atoms with van der Waals surface area (Å²) in [6.07, 6.45) is 2.85. The molecule has 1 saturated heterocycles. The van der Waals surface area contributed by atoms with Gasteiger partial charge in [0, 0.05) is 31.4 Å². The van der Waals surface area contributed by atoms with Crippen LogP contribution in [-0.4, -0.2) is 42.2 Å². The standard InChI is InChI=1S/C27H29N3O3S/c1-6-21-19(14-30-15-20(16-30)27(31)32-5)8-7-9-22(21)25-13-29-26(34-25)18-10-11-24(33-17(2)3)23(12-18)28-4/h7-13,17,20H,6,14-16H2,1-3,5H3. The van der Waals surface area contributed by atoms with Crippen LogP contribution in [0.4, 0.5) is 5.69 Å². The molecule has 0 saturated carbocycles. The Balaban J connectivity index is 1.56. The number of methoxy groups -OCH3 is 1. The van der Waals surface area contributed by atoms with Crippen LogP contribution in [0.3, 0.4) is 0 Å². The van der Waals surface area contributed by atoms with Gasteiger partial charge in [-0.15, -0.1) is 11.3 Å². The number of likely N-dealkylation sites (tertiary alicyclic amines) is 1. The summed E-state index contributed by atoms with van der Waals surface area (Å²) >= 11 is 1.63. The molecule has 6 nitrogen and oxygen atoms in total. The molecule has 7 heteroatoms. The lowest BCUT2D eigenvalue weighted by Gasteiger charge is -2.37. The summed E-state index contributed by atoms with van der Waals surface area (Å²) in [5.74, 6) is 0.468. The molecule has 0 unspecified atom stereocenters. The first-order valence-corrected chi connectivity index (χ1v) is 12.3. The van der Waals surface area contributed by atoms with Crippen molar-refractivity contribution in [3.63, 3.8) is 0 Å². The molecule has 2 aromatic carbocycles. The first-order valence-electron chi connectivity index (χ1n) is 11.5. The third kappa shape index (κ3) is 4.98. The molecule has 0 N–H and O–H groups in total. The van der Waals surface area contributed by atoms with E-state index in [0.29, 0.717) is 11.4 Å². The van der Waals surface area contributed by atoms with Crippen molar-refractivity contribution < 1.29 is 14.3 Å². The van der Waals surface area contributed by atoms with Gasteiger partial charge in [0.15, 0.2) is 0 Å². The number of thiazole rings is 1. The molecule has 4 rings (SSSR count). The van der Waals surface area contributed by atoms with Crippen LogP contribution in [0.2, 0.25) is 0 Å². The Morgan fingerprint density at radius 1 is 1.29 bits per heavy atom. The van der Waals surface area contributed by atoms with Crippen molar-refractivity contribution in [1.29, 1.82) is 0 Å². The maximum absolute atomic E-state index is 11.7. The Morgan fingerprint density at radius 3 is 2.76 bits per heavy atom. The number of benzene rings is 2. The number of nitrogens with zero attached hydrogens (tertiary/aromatic N) is 3. The predicted molar refractivity (Wildman–Crippen MR) is 135 cm³/mol. The van der Waals surface area contributed by atoms with Gasteiger partial charge in [-0.3, -0.25) is 9.69 Å². The number of carbonyl (C=O) groups excluding carboxylic acids is 1. The fraction of sp³-hybridized carbons (Fsp3) is 0.370. The number of hydrogen-bond acceptors (Lipinski definition) is 6. The Kier molecular flexibility index (Phi) is 7.30. The van der Waals surface area contributed by atoms with Crippen LogP contribution < -0.4 is 4.74 Å². The molecule has 0 aliphatic carbocycles. The lowest BCUT2D eigenvalue weighted by atomic mass is 9.94. The summed E-state index contributed by atoms with van der Waals surface area (Å²) in [4.78, 5) is 23.4. The molecule has 34 heavy (non-hydrogen) atoms. The van der Waals surface area contributed by atoms with Gasteiger partial charge >= 0.3 is 5.97 Å². The topological polar surface area (TPSA) is 56.0 Å². The largest absolute Gasteiger partial charge is 0.502 e. The zero-order valence-electron chi connectivity index (χ0n) is 20.0. The van der Waals surface area contributed by atoms with Gasteiger partial charge in [-0.2, -0.15) is 0 Å². The molecule has 0 amide bonds. The predicted octanol–water partition coefficient (Wildman–Crippen LogP) is 5.98. The summed E-state index contributed by atoms with van der Waals surface area (Å²) in [6.45, 7) is 15.9. The Bertz CT molecular complexity index is 1220. The van der Waals surface area contributed by atoms with E-state index in [-0.39, 0.29) is 18.0 Å². The number of rotatable bonds is 8. The monoisotopic (exact) mass is 475 g/mol. The molecule has 2 heterocycles. The highest BCUT2D eigenvalue weighted by atomic mass is 32.1. The minimum Gasteiger partial charge on any atom is -0.502 e. The molecule has 0 bridgehead atoms. The Hall–Kier alpha value is -3.21. The van der Waals surface area contributed by atoms with E-state index in [0.717, 1.165) is 41.5 Å². The van der Waals surface area contributed by atoms with Crippen LogP contribution in [0.25, 0.3) is 25.9 Å². The van der Waals surface area contributed by atoms with Gasteiger partial charge in [-0.25, -0.2) is 9.83 Å². The second-order valence-electron chi connectivity index (χ2n) is 8.70. The molecule has 0 spiro atoms. The van der Waals surface area contributed by atoms with Crippen LogP contribution >= 0.6 is 11.3 Å². The van der Waals surface area contributed by atoms with Crippen molar-refractivity contribution >= 4 is 23.0 Å². The molecule has 0 radical (unpaired) electrons. The maximum Gasteiger partial charge on any atom is 0.311 e. The Labute approximate surface area is 205 Å². The van der Waals surface area contributed by atoms with Crippen LogP contribution in [0.5, 0.6) is 5.75 Å². The average Bonchev–Trinajstić information content (AvgIpc) is 3.30. The van der Waals surface area contributed by atoms with Gasteiger partial charge in [-0.1, -0.05) is 31.2 Å². The molecule has 1 aliphatic rings. The molecule has 3 aromatic rings.